The van der Waals surface area contributed by atoms with Gasteiger partial charge < -0.3 is 5.11 Å². The van der Waals surface area contributed by atoms with Gasteiger partial charge in [0.2, 0.25) is 0 Å². The molecule has 0 saturated heterocycles. The van der Waals surface area contributed by atoms with Crippen LogP contribution in [0.25, 0.3) is 22.2 Å². The summed E-state index contributed by atoms with van der Waals surface area (Å²) < 4.78 is 0. The molecule has 0 atom stereocenters. The molecule has 1 heterocycles. The van der Waals surface area contributed by atoms with Crippen LogP contribution in [0.3, 0.4) is 0 Å². The quantitative estimate of drug-likeness (QED) is 0.744. The lowest BCUT2D eigenvalue weighted by atomic mass is 10.1. The number of aliphatic hydroxyl groups excluding tert-OH is 1. The van der Waals surface area contributed by atoms with Crippen LogP contribution in [0.1, 0.15) is 5.69 Å². The van der Waals surface area contributed by atoms with E-state index >= 15 is 0 Å². The highest BCUT2D eigenvalue weighted by molar-refractivity contribution is 5.86. The Balaban J connectivity index is 2.13. The van der Waals surface area contributed by atoms with E-state index in [0.717, 1.165) is 10.9 Å². The van der Waals surface area contributed by atoms with Gasteiger partial charge in [0.05, 0.1) is 12.3 Å². The Labute approximate surface area is 105 Å². The van der Waals surface area contributed by atoms with Gasteiger partial charge in [-0.05, 0) is 22.9 Å². The second-order valence-electron chi connectivity index (χ2n) is 4.09. The highest BCUT2D eigenvalue weighted by Crippen LogP contribution is 2.21. The molecule has 0 saturated carbocycles. The van der Waals surface area contributed by atoms with Crippen LogP contribution >= 0.6 is 0 Å². The molecular formula is C15H12N2O. The van der Waals surface area contributed by atoms with E-state index in [2.05, 4.69) is 34.2 Å². The SMILES string of the molecule is OCc1ccnc(-c2ccc3ccccc3c2)n1. The molecule has 0 spiro atoms. The normalized spacial score (nSPS) is 10.7. The molecule has 88 valence electrons. The van der Waals surface area contributed by atoms with Crippen LogP contribution in [0.2, 0.25) is 0 Å². The first-order chi connectivity index (χ1) is 8.86. The van der Waals surface area contributed by atoms with E-state index in [-0.39, 0.29) is 6.61 Å². The van der Waals surface area contributed by atoms with Gasteiger partial charge in [-0.15, -0.1) is 0 Å². The first-order valence-corrected chi connectivity index (χ1v) is 5.79. The largest absolute Gasteiger partial charge is 0.390 e. The molecular weight excluding hydrogens is 224 g/mol. The fraction of sp³-hybridized carbons (Fsp3) is 0.0667. The third-order valence-electron chi connectivity index (χ3n) is 2.88. The number of hydrogen-bond acceptors (Lipinski definition) is 3. The molecule has 0 unspecified atom stereocenters. The van der Waals surface area contributed by atoms with Crippen molar-refractivity contribution < 1.29 is 5.11 Å². The molecule has 18 heavy (non-hydrogen) atoms. The van der Waals surface area contributed by atoms with Crippen LogP contribution in [-0.4, -0.2) is 15.1 Å². The van der Waals surface area contributed by atoms with Crippen LogP contribution < -0.4 is 0 Å². The topological polar surface area (TPSA) is 46.0 Å². The minimum atomic E-state index is -0.0664. The predicted molar refractivity (Wildman–Crippen MR) is 70.9 cm³/mol. The van der Waals surface area contributed by atoms with Crippen molar-refractivity contribution in [1.82, 2.24) is 9.97 Å². The van der Waals surface area contributed by atoms with Crippen molar-refractivity contribution in [3.05, 3.63) is 60.4 Å². The first kappa shape index (κ1) is 10.9. The summed E-state index contributed by atoms with van der Waals surface area (Å²) in [6, 6.07) is 16.0. The molecule has 0 radical (unpaired) electrons. The second-order valence-corrected chi connectivity index (χ2v) is 4.09. The fourth-order valence-electron chi connectivity index (χ4n) is 1.95. The third-order valence-corrected chi connectivity index (χ3v) is 2.88. The molecule has 3 aromatic rings. The Morgan fingerprint density at radius 1 is 0.944 bits per heavy atom. The molecule has 0 aliphatic rings. The average molecular weight is 236 g/mol. The maximum atomic E-state index is 9.09. The first-order valence-electron chi connectivity index (χ1n) is 5.79. The summed E-state index contributed by atoms with van der Waals surface area (Å²) in [6.07, 6.45) is 1.67. The summed E-state index contributed by atoms with van der Waals surface area (Å²) in [5, 5.41) is 11.4. The Hall–Kier alpha value is -2.26. The molecule has 3 nitrogen and oxygen atoms in total. The van der Waals surface area contributed by atoms with Crippen LogP contribution in [0.5, 0.6) is 0 Å². The summed E-state index contributed by atoms with van der Waals surface area (Å²) >= 11 is 0. The summed E-state index contributed by atoms with van der Waals surface area (Å²) in [4.78, 5) is 8.55. The summed E-state index contributed by atoms with van der Waals surface area (Å²) in [5.74, 6) is 0.646. The van der Waals surface area contributed by atoms with Crippen molar-refractivity contribution in [3.8, 4) is 11.4 Å². The van der Waals surface area contributed by atoms with Gasteiger partial charge in [0.25, 0.3) is 0 Å². The van der Waals surface area contributed by atoms with E-state index in [1.165, 1.54) is 5.39 Å². The van der Waals surface area contributed by atoms with Gasteiger partial charge in [0, 0.05) is 11.8 Å². The minimum absolute atomic E-state index is 0.0664. The van der Waals surface area contributed by atoms with Gasteiger partial charge in [-0.25, -0.2) is 9.97 Å². The van der Waals surface area contributed by atoms with Gasteiger partial charge in [-0.2, -0.15) is 0 Å². The molecule has 3 heteroatoms. The van der Waals surface area contributed by atoms with Crippen LogP contribution in [-0.2, 0) is 6.61 Å². The van der Waals surface area contributed by atoms with Crippen molar-refractivity contribution in [1.29, 1.82) is 0 Å². The van der Waals surface area contributed by atoms with Crippen molar-refractivity contribution in [2.24, 2.45) is 0 Å². The lowest BCUT2D eigenvalue weighted by molar-refractivity contribution is 0.277. The highest BCUT2D eigenvalue weighted by Gasteiger charge is 2.03. The van der Waals surface area contributed by atoms with Gasteiger partial charge in [-0.1, -0.05) is 36.4 Å². The highest BCUT2D eigenvalue weighted by atomic mass is 16.3. The summed E-state index contributed by atoms with van der Waals surface area (Å²) in [7, 11) is 0. The van der Waals surface area contributed by atoms with Crippen LogP contribution in [0.15, 0.2) is 54.7 Å². The second kappa shape index (κ2) is 4.55. The van der Waals surface area contributed by atoms with Crippen molar-refractivity contribution in [2.45, 2.75) is 6.61 Å². The number of aromatic nitrogens is 2. The molecule has 0 aliphatic heterocycles. The zero-order chi connectivity index (χ0) is 12.4. The van der Waals surface area contributed by atoms with Gasteiger partial charge in [0.1, 0.15) is 0 Å². The Bertz CT molecular complexity index is 695. The minimum Gasteiger partial charge on any atom is -0.390 e. The predicted octanol–water partition coefficient (Wildman–Crippen LogP) is 2.79. The molecule has 1 aromatic heterocycles. The maximum Gasteiger partial charge on any atom is 0.159 e. The number of nitrogens with zero attached hydrogens (tertiary/aromatic N) is 2. The van der Waals surface area contributed by atoms with E-state index in [1.54, 1.807) is 12.3 Å². The monoisotopic (exact) mass is 236 g/mol. The molecule has 0 fully saturated rings. The molecule has 3 rings (SSSR count). The zero-order valence-electron chi connectivity index (χ0n) is 9.74. The molecule has 1 N–H and O–H groups in total. The number of hydrogen-bond donors (Lipinski definition) is 1. The Morgan fingerprint density at radius 3 is 2.61 bits per heavy atom. The Morgan fingerprint density at radius 2 is 1.78 bits per heavy atom. The van der Waals surface area contributed by atoms with E-state index in [4.69, 9.17) is 5.11 Å². The average Bonchev–Trinajstić information content (AvgIpc) is 2.47. The van der Waals surface area contributed by atoms with Crippen LogP contribution in [0.4, 0.5) is 0 Å². The third kappa shape index (κ3) is 1.96. The number of benzene rings is 2. The van der Waals surface area contributed by atoms with Crippen molar-refractivity contribution in [2.75, 3.05) is 0 Å². The molecule has 0 amide bonds. The van der Waals surface area contributed by atoms with Gasteiger partial charge in [0.15, 0.2) is 5.82 Å². The molecule has 0 aliphatic carbocycles. The molecule has 0 bridgehead atoms. The van der Waals surface area contributed by atoms with Gasteiger partial charge >= 0.3 is 0 Å². The summed E-state index contributed by atoms with van der Waals surface area (Å²) in [5.41, 5.74) is 1.59. The number of aliphatic hydroxyl groups is 1. The standard InChI is InChI=1S/C15H12N2O/c18-10-14-7-8-16-15(17-14)13-6-5-11-3-1-2-4-12(11)9-13/h1-9,18H,10H2. The van der Waals surface area contributed by atoms with E-state index in [0.29, 0.717) is 11.5 Å². The fourth-order valence-corrected chi connectivity index (χ4v) is 1.95. The summed E-state index contributed by atoms with van der Waals surface area (Å²) in [6.45, 7) is -0.0664. The Kier molecular flexibility index (Phi) is 2.74. The van der Waals surface area contributed by atoms with Crippen molar-refractivity contribution >= 4 is 10.8 Å². The van der Waals surface area contributed by atoms with E-state index in [9.17, 15) is 0 Å². The van der Waals surface area contributed by atoms with Crippen LogP contribution in [0, 0.1) is 0 Å². The number of fused-ring (bicyclic) bond motifs is 1. The zero-order valence-corrected chi connectivity index (χ0v) is 9.74. The smallest absolute Gasteiger partial charge is 0.159 e. The van der Waals surface area contributed by atoms with E-state index < -0.39 is 0 Å². The van der Waals surface area contributed by atoms with Crippen molar-refractivity contribution in [3.63, 3.8) is 0 Å². The lowest BCUT2D eigenvalue weighted by Gasteiger charge is -2.03. The maximum absolute atomic E-state index is 9.09. The van der Waals surface area contributed by atoms with Gasteiger partial charge in [-0.3, -0.25) is 0 Å². The lowest BCUT2D eigenvalue weighted by Crippen LogP contribution is -1.94. The van der Waals surface area contributed by atoms with E-state index in [1.807, 2.05) is 18.2 Å². The number of rotatable bonds is 2. The molecule has 2 aromatic carbocycles.